The SMILES string of the molecule is Oc1cc2cccc(F)c2nc1C(F)(F)F. The third-order valence-electron chi connectivity index (χ3n) is 2.04. The van der Waals surface area contributed by atoms with Crippen molar-refractivity contribution in [3.63, 3.8) is 0 Å². The molecule has 0 saturated heterocycles. The number of nitrogens with zero attached hydrogens (tertiary/aromatic N) is 1. The minimum atomic E-state index is -4.81. The van der Waals surface area contributed by atoms with Gasteiger partial charge in [-0.25, -0.2) is 9.37 Å². The summed E-state index contributed by atoms with van der Waals surface area (Å²) in [5, 5.41) is 9.25. The summed E-state index contributed by atoms with van der Waals surface area (Å²) in [6.07, 6.45) is -4.81. The van der Waals surface area contributed by atoms with Crippen LogP contribution in [-0.2, 0) is 6.18 Å². The van der Waals surface area contributed by atoms with Crippen LogP contribution < -0.4 is 0 Å². The molecule has 0 unspecified atom stereocenters. The Morgan fingerprint density at radius 3 is 2.50 bits per heavy atom. The first-order chi connectivity index (χ1) is 7.39. The number of fused-ring (bicyclic) bond motifs is 1. The predicted octanol–water partition coefficient (Wildman–Crippen LogP) is 3.10. The Hall–Kier alpha value is -1.85. The molecule has 0 saturated carbocycles. The average Bonchev–Trinajstić information content (AvgIpc) is 2.15. The monoisotopic (exact) mass is 231 g/mol. The molecular formula is C10H5F4NO. The number of hydrogen-bond donors (Lipinski definition) is 1. The Morgan fingerprint density at radius 2 is 1.88 bits per heavy atom. The quantitative estimate of drug-likeness (QED) is 0.706. The van der Waals surface area contributed by atoms with Crippen molar-refractivity contribution in [3.8, 4) is 5.75 Å². The molecule has 2 rings (SSSR count). The number of halogens is 4. The molecule has 0 aliphatic rings. The van der Waals surface area contributed by atoms with Crippen LogP contribution in [0.15, 0.2) is 24.3 Å². The molecule has 1 N–H and O–H groups in total. The Kier molecular flexibility index (Phi) is 2.22. The summed E-state index contributed by atoms with van der Waals surface area (Å²) in [7, 11) is 0. The van der Waals surface area contributed by atoms with Gasteiger partial charge >= 0.3 is 6.18 Å². The van der Waals surface area contributed by atoms with Crippen LogP contribution in [0.5, 0.6) is 5.75 Å². The van der Waals surface area contributed by atoms with Crippen LogP contribution in [0, 0.1) is 5.82 Å². The number of benzene rings is 1. The van der Waals surface area contributed by atoms with E-state index in [0.717, 1.165) is 12.1 Å². The van der Waals surface area contributed by atoms with Crippen molar-refractivity contribution in [2.75, 3.05) is 0 Å². The van der Waals surface area contributed by atoms with Gasteiger partial charge in [0.05, 0.1) is 0 Å². The summed E-state index contributed by atoms with van der Waals surface area (Å²) in [6.45, 7) is 0. The van der Waals surface area contributed by atoms with Crippen molar-refractivity contribution in [2.24, 2.45) is 0 Å². The zero-order valence-electron chi connectivity index (χ0n) is 7.72. The van der Waals surface area contributed by atoms with Crippen LogP contribution >= 0.6 is 0 Å². The fraction of sp³-hybridized carbons (Fsp3) is 0.100. The van der Waals surface area contributed by atoms with E-state index in [1.54, 1.807) is 0 Å². The van der Waals surface area contributed by atoms with Gasteiger partial charge in [0.25, 0.3) is 0 Å². The zero-order valence-corrected chi connectivity index (χ0v) is 7.72. The Bertz CT molecular complexity index is 550. The summed E-state index contributed by atoms with van der Waals surface area (Å²) in [5.74, 6) is -1.87. The molecule has 0 bridgehead atoms. The zero-order chi connectivity index (χ0) is 11.9. The van der Waals surface area contributed by atoms with Crippen LogP contribution in [-0.4, -0.2) is 10.1 Å². The molecule has 16 heavy (non-hydrogen) atoms. The van der Waals surface area contributed by atoms with Gasteiger partial charge in [0.15, 0.2) is 5.69 Å². The highest BCUT2D eigenvalue weighted by atomic mass is 19.4. The molecule has 0 aliphatic carbocycles. The lowest BCUT2D eigenvalue weighted by molar-refractivity contribution is -0.142. The maximum Gasteiger partial charge on any atom is 0.437 e. The first kappa shape index (κ1) is 10.7. The van der Waals surface area contributed by atoms with Crippen LogP contribution in [0.2, 0.25) is 0 Å². The number of pyridine rings is 1. The van der Waals surface area contributed by atoms with Gasteiger partial charge in [-0.2, -0.15) is 13.2 Å². The van der Waals surface area contributed by atoms with Crippen molar-refractivity contribution < 1.29 is 22.7 Å². The van der Waals surface area contributed by atoms with Gasteiger partial charge in [-0.15, -0.1) is 0 Å². The molecule has 0 radical (unpaired) electrons. The molecule has 2 aromatic rings. The standard InChI is InChI=1S/C10H5F4NO/c11-6-3-1-2-5-4-7(16)9(10(12,13)14)15-8(5)6/h1-4,16H. The number of hydrogen-bond acceptors (Lipinski definition) is 2. The number of para-hydroxylation sites is 1. The highest BCUT2D eigenvalue weighted by Gasteiger charge is 2.36. The van der Waals surface area contributed by atoms with Crippen molar-refractivity contribution in [1.29, 1.82) is 0 Å². The van der Waals surface area contributed by atoms with E-state index in [4.69, 9.17) is 5.11 Å². The maximum atomic E-state index is 13.2. The van der Waals surface area contributed by atoms with E-state index in [1.165, 1.54) is 12.1 Å². The Balaban J connectivity index is 2.80. The van der Waals surface area contributed by atoms with E-state index in [9.17, 15) is 17.6 Å². The Labute approximate surface area is 87.2 Å². The Morgan fingerprint density at radius 1 is 1.19 bits per heavy atom. The minimum absolute atomic E-state index is 0.116. The van der Waals surface area contributed by atoms with Crippen molar-refractivity contribution in [3.05, 3.63) is 35.8 Å². The van der Waals surface area contributed by atoms with E-state index in [1.807, 2.05) is 0 Å². The van der Waals surface area contributed by atoms with Gasteiger partial charge in [0.2, 0.25) is 0 Å². The van der Waals surface area contributed by atoms with Crippen molar-refractivity contribution in [2.45, 2.75) is 6.18 Å². The van der Waals surface area contributed by atoms with Gasteiger partial charge in [0, 0.05) is 5.39 Å². The smallest absolute Gasteiger partial charge is 0.437 e. The van der Waals surface area contributed by atoms with Gasteiger partial charge in [-0.05, 0) is 12.1 Å². The van der Waals surface area contributed by atoms with Crippen LogP contribution in [0.1, 0.15) is 5.69 Å². The summed E-state index contributed by atoms with van der Waals surface area (Å²) in [6, 6.07) is 4.54. The number of aromatic nitrogens is 1. The highest BCUT2D eigenvalue weighted by Crippen LogP contribution is 2.36. The second-order valence-electron chi connectivity index (χ2n) is 3.17. The van der Waals surface area contributed by atoms with E-state index in [0.29, 0.717) is 0 Å². The van der Waals surface area contributed by atoms with Crippen molar-refractivity contribution >= 4 is 10.9 Å². The lowest BCUT2D eigenvalue weighted by Crippen LogP contribution is -2.08. The second-order valence-corrected chi connectivity index (χ2v) is 3.17. The normalized spacial score (nSPS) is 12.0. The van der Waals surface area contributed by atoms with Crippen LogP contribution in [0.3, 0.4) is 0 Å². The molecule has 0 aliphatic heterocycles. The molecule has 0 atom stereocenters. The third kappa shape index (κ3) is 1.66. The minimum Gasteiger partial charge on any atom is -0.506 e. The van der Waals surface area contributed by atoms with E-state index >= 15 is 0 Å². The van der Waals surface area contributed by atoms with Crippen LogP contribution in [0.25, 0.3) is 10.9 Å². The molecule has 1 aromatic heterocycles. The van der Waals surface area contributed by atoms with E-state index in [-0.39, 0.29) is 5.39 Å². The molecule has 6 heteroatoms. The fourth-order valence-electron chi connectivity index (χ4n) is 1.36. The highest BCUT2D eigenvalue weighted by molar-refractivity contribution is 5.80. The second kappa shape index (κ2) is 3.33. The van der Waals surface area contributed by atoms with E-state index < -0.39 is 29.0 Å². The maximum absolute atomic E-state index is 13.2. The molecule has 0 fully saturated rings. The van der Waals surface area contributed by atoms with Gasteiger partial charge in [-0.1, -0.05) is 12.1 Å². The topological polar surface area (TPSA) is 33.1 Å². The number of alkyl halides is 3. The molecule has 2 nitrogen and oxygen atoms in total. The molecule has 0 amide bonds. The molecule has 1 aromatic carbocycles. The fourth-order valence-corrected chi connectivity index (χ4v) is 1.36. The van der Waals surface area contributed by atoms with Crippen molar-refractivity contribution in [1.82, 2.24) is 4.98 Å². The van der Waals surface area contributed by atoms with Gasteiger partial charge < -0.3 is 5.11 Å². The molecule has 1 heterocycles. The van der Waals surface area contributed by atoms with E-state index in [2.05, 4.69) is 4.98 Å². The number of aromatic hydroxyl groups is 1. The molecular weight excluding hydrogens is 226 g/mol. The van der Waals surface area contributed by atoms with Gasteiger partial charge in [-0.3, -0.25) is 0 Å². The molecule has 0 spiro atoms. The lowest BCUT2D eigenvalue weighted by Gasteiger charge is -2.09. The summed E-state index contributed by atoms with van der Waals surface area (Å²) >= 11 is 0. The van der Waals surface area contributed by atoms with Gasteiger partial charge in [0.1, 0.15) is 17.1 Å². The lowest BCUT2D eigenvalue weighted by atomic mass is 10.2. The predicted molar refractivity (Wildman–Crippen MR) is 48.4 cm³/mol. The summed E-state index contributed by atoms with van der Waals surface area (Å²) in [5.41, 5.74) is -1.89. The average molecular weight is 231 g/mol. The summed E-state index contributed by atoms with van der Waals surface area (Å²) in [4.78, 5) is 3.10. The summed E-state index contributed by atoms with van der Waals surface area (Å²) < 4.78 is 50.3. The number of rotatable bonds is 0. The first-order valence-corrected chi connectivity index (χ1v) is 4.25. The third-order valence-corrected chi connectivity index (χ3v) is 2.04. The largest absolute Gasteiger partial charge is 0.506 e. The van der Waals surface area contributed by atoms with Crippen LogP contribution in [0.4, 0.5) is 17.6 Å². The molecule has 84 valence electrons. The first-order valence-electron chi connectivity index (χ1n) is 4.25.